The first-order chi connectivity index (χ1) is 16.9. The van der Waals surface area contributed by atoms with E-state index in [9.17, 15) is 14.4 Å². The minimum absolute atomic E-state index is 0.219. The molecule has 0 spiro atoms. The number of esters is 1. The molecule has 1 saturated heterocycles. The lowest BCUT2D eigenvalue weighted by molar-refractivity contribution is 0.0600. The molecule has 0 aromatic heterocycles. The Hall–Kier alpha value is -4.33. The van der Waals surface area contributed by atoms with Gasteiger partial charge in [0.2, 0.25) is 0 Å². The summed E-state index contributed by atoms with van der Waals surface area (Å²) in [6, 6.07) is 18.9. The zero-order chi connectivity index (χ0) is 24.8. The van der Waals surface area contributed by atoms with Crippen LogP contribution in [0.4, 0.5) is 27.5 Å². The van der Waals surface area contributed by atoms with Crippen molar-refractivity contribution < 1.29 is 19.1 Å². The van der Waals surface area contributed by atoms with Crippen molar-refractivity contribution in [3.63, 3.8) is 0 Å². The molecule has 4 rings (SSSR count). The topological polar surface area (TPSA) is 99.8 Å². The molecule has 0 atom stereocenters. The molecule has 0 bridgehead atoms. The van der Waals surface area contributed by atoms with Gasteiger partial charge in [-0.15, -0.1) is 0 Å². The number of aryl methyl sites for hydroxylation is 1. The van der Waals surface area contributed by atoms with Gasteiger partial charge in [0.05, 0.1) is 24.0 Å². The summed E-state index contributed by atoms with van der Waals surface area (Å²) < 4.78 is 4.70. The minimum atomic E-state index is -0.444. The molecule has 180 valence electrons. The number of anilines is 4. The van der Waals surface area contributed by atoms with Crippen molar-refractivity contribution in [2.24, 2.45) is 0 Å². The van der Waals surface area contributed by atoms with Crippen LogP contribution in [0.3, 0.4) is 0 Å². The summed E-state index contributed by atoms with van der Waals surface area (Å²) in [5.41, 5.74) is 4.56. The Labute approximate surface area is 204 Å². The first-order valence-corrected chi connectivity index (χ1v) is 11.5. The highest BCUT2D eigenvalue weighted by molar-refractivity contribution is 6.06. The quantitative estimate of drug-likeness (QED) is 0.424. The maximum absolute atomic E-state index is 12.8. The maximum Gasteiger partial charge on any atom is 0.337 e. The maximum atomic E-state index is 12.8. The summed E-state index contributed by atoms with van der Waals surface area (Å²) >= 11 is 0. The fourth-order valence-electron chi connectivity index (χ4n) is 4.03. The van der Waals surface area contributed by atoms with Gasteiger partial charge in [0.15, 0.2) is 0 Å². The molecule has 1 fully saturated rings. The highest BCUT2D eigenvalue weighted by Crippen LogP contribution is 2.32. The highest BCUT2D eigenvalue weighted by Gasteiger charge is 2.18. The van der Waals surface area contributed by atoms with E-state index in [1.807, 2.05) is 37.3 Å². The number of rotatable bonds is 6. The molecule has 8 heteroatoms. The molecule has 3 aromatic rings. The number of carbonyl (C=O) groups is 3. The Balaban J connectivity index is 1.51. The van der Waals surface area contributed by atoms with Crippen molar-refractivity contribution in [3.05, 3.63) is 83.4 Å². The van der Waals surface area contributed by atoms with Crippen LogP contribution in [0.5, 0.6) is 0 Å². The fraction of sp³-hybridized carbons (Fsp3) is 0.222. The van der Waals surface area contributed by atoms with E-state index in [1.165, 1.54) is 7.11 Å². The summed E-state index contributed by atoms with van der Waals surface area (Å²) in [6.07, 6.45) is 2.17. The summed E-state index contributed by atoms with van der Waals surface area (Å²) in [7, 11) is 1.32. The second kappa shape index (κ2) is 10.7. The Morgan fingerprint density at radius 1 is 0.800 bits per heavy atom. The van der Waals surface area contributed by atoms with Crippen molar-refractivity contribution in [2.75, 3.05) is 41.0 Å². The number of benzene rings is 3. The summed E-state index contributed by atoms with van der Waals surface area (Å²) in [6.45, 7) is 3.74. The van der Waals surface area contributed by atoms with Crippen LogP contribution in [0.25, 0.3) is 0 Å². The van der Waals surface area contributed by atoms with Crippen LogP contribution in [-0.4, -0.2) is 38.1 Å². The van der Waals surface area contributed by atoms with Gasteiger partial charge in [-0.25, -0.2) is 9.59 Å². The van der Waals surface area contributed by atoms with Gasteiger partial charge >= 0.3 is 12.0 Å². The van der Waals surface area contributed by atoms with Crippen molar-refractivity contribution in [3.8, 4) is 0 Å². The molecule has 3 aromatic carbocycles. The van der Waals surface area contributed by atoms with E-state index in [-0.39, 0.29) is 5.91 Å². The molecule has 1 heterocycles. The van der Waals surface area contributed by atoms with Crippen LogP contribution in [0.1, 0.15) is 39.1 Å². The number of ether oxygens (including phenoxy) is 1. The zero-order valence-electron chi connectivity index (χ0n) is 19.8. The molecular formula is C27H28N4O4. The lowest BCUT2D eigenvalue weighted by atomic mass is 10.1. The van der Waals surface area contributed by atoms with Gasteiger partial charge in [0.1, 0.15) is 0 Å². The second-order valence-corrected chi connectivity index (χ2v) is 8.40. The molecule has 0 radical (unpaired) electrons. The number of urea groups is 1. The average Bonchev–Trinajstić information content (AvgIpc) is 3.39. The van der Waals surface area contributed by atoms with Gasteiger partial charge in [-0.2, -0.15) is 0 Å². The molecule has 0 saturated carbocycles. The minimum Gasteiger partial charge on any atom is -0.465 e. The van der Waals surface area contributed by atoms with Crippen molar-refractivity contribution >= 4 is 40.7 Å². The smallest absolute Gasteiger partial charge is 0.337 e. The SMILES string of the molecule is COC(=O)c1ccc(NC(=O)Nc2cc(NC(=O)c3cccc(C)c3)ccc2N2CCCC2)cc1. The molecule has 3 amide bonds. The van der Waals surface area contributed by atoms with Gasteiger partial charge in [0, 0.05) is 30.0 Å². The van der Waals surface area contributed by atoms with Gasteiger partial charge in [-0.05, 0) is 74.4 Å². The molecule has 0 unspecified atom stereocenters. The van der Waals surface area contributed by atoms with Crippen LogP contribution in [0, 0.1) is 6.92 Å². The lowest BCUT2D eigenvalue weighted by Crippen LogP contribution is -2.24. The molecule has 0 aliphatic carbocycles. The van der Waals surface area contributed by atoms with Crippen LogP contribution in [0.15, 0.2) is 66.7 Å². The number of hydrogen-bond donors (Lipinski definition) is 3. The third-order valence-electron chi connectivity index (χ3n) is 5.79. The van der Waals surface area contributed by atoms with Gasteiger partial charge in [-0.3, -0.25) is 4.79 Å². The Bertz CT molecular complexity index is 1230. The highest BCUT2D eigenvalue weighted by atomic mass is 16.5. The second-order valence-electron chi connectivity index (χ2n) is 8.40. The van der Waals surface area contributed by atoms with E-state index in [0.29, 0.717) is 28.2 Å². The molecule has 1 aliphatic rings. The van der Waals surface area contributed by atoms with Gasteiger partial charge in [-0.1, -0.05) is 17.7 Å². The Kier molecular flexibility index (Phi) is 7.30. The number of methoxy groups -OCH3 is 1. The normalized spacial score (nSPS) is 12.7. The third-order valence-corrected chi connectivity index (χ3v) is 5.79. The van der Waals surface area contributed by atoms with Gasteiger partial charge < -0.3 is 25.6 Å². The van der Waals surface area contributed by atoms with Crippen LogP contribution in [0.2, 0.25) is 0 Å². The third kappa shape index (κ3) is 5.97. The van der Waals surface area contributed by atoms with E-state index in [1.54, 1.807) is 36.4 Å². The fourth-order valence-corrected chi connectivity index (χ4v) is 4.03. The summed E-state index contributed by atoms with van der Waals surface area (Å²) in [5, 5.41) is 8.60. The first kappa shape index (κ1) is 23.8. The number of hydrogen-bond acceptors (Lipinski definition) is 5. The largest absolute Gasteiger partial charge is 0.465 e. The van der Waals surface area contributed by atoms with Crippen molar-refractivity contribution in [1.82, 2.24) is 0 Å². The van der Waals surface area contributed by atoms with Gasteiger partial charge in [0.25, 0.3) is 5.91 Å². The van der Waals surface area contributed by atoms with Crippen LogP contribution >= 0.6 is 0 Å². The predicted molar refractivity (Wildman–Crippen MR) is 137 cm³/mol. The van der Waals surface area contributed by atoms with Crippen LogP contribution in [-0.2, 0) is 4.74 Å². The summed E-state index contributed by atoms with van der Waals surface area (Å²) in [5.74, 6) is -0.662. The number of carbonyl (C=O) groups excluding carboxylic acids is 3. The number of amides is 3. The standard InChI is InChI=1S/C27H28N4O4/c1-18-6-5-7-20(16-18)25(32)28-22-12-13-24(31-14-3-4-15-31)23(17-22)30-27(34)29-21-10-8-19(9-11-21)26(33)35-2/h5-13,16-17H,3-4,14-15H2,1-2H3,(H,28,32)(H2,29,30,34). The van der Waals surface area contributed by atoms with E-state index in [2.05, 4.69) is 20.9 Å². The molecular weight excluding hydrogens is 444 g/mol. The monoisotopic (exact) mass is 472 g/mol. The van der Waals surface area contributed by atoms with E-state index >= 15 is 0 Å². The zero-order valence-corrected chi connectivity index (χ0v) is 19.8. The van der Waals surface area contributed by atoms with Crippen molar-refractivity contribution in [2.45, 2.75) is 19.8 Å². The lowest BCUT2D eigenvalue weighted by Gasteiger charge is -2.22. The average molecular weight is 473 g/mol. The summed E-state index contributed by atoms with van der Waals surface area (Å²) in [4.78, 5) is 39.3. The Morgan fingerprint density at radius 2 is 1.51 bits per heavy atom. The Morgan fingerprint density at radius 3 is 2.20 bits per heavy atom. The number of nitrogens with zero attached hydrogens (tertiary/aromatic N) is 1. The van der Waals surface area contributed by atoms with E-state index in [0.717, 1.165) is 37.2 Å². The van der Waals surface area contributed by atoms with E-state index in [4.69, 9.17) is 4.74 Å². The number of nitrogens with one attached hydrogen (secondary N) is 3. The molecule has 8 nitrogen and oxygen atoms in total. The van der Waals surface area contributed by atoms with Crippen LogP contribution < -0.4 is 20.9 Å². The molecule has 1 aliphatic heterocycles. The van der Waals surface area contributed by atoms with Crippen molar-refractivity contribution in [1.29, 1.82) is 0 Å². The van der Waals surface area contributed by atoms with E-state index < -0.39 is 12.0 Å². The predicted octanol–water partition coefficient (Wildman–Crippen LogP) is 5.28. The molecule has 35 heavy (non-hydrogen) atoms. The molecule has 3 N–H and O–H groups in total. The first-order valence-electron chi connectivity index (χ1n) is 11.5.